The number of nitrogens with zero attached hydrogens (tertiary/aromatic N) is 1. The van der Waals surface area contributed by atoms with E-state index in [1.807, 2.05) is 23.6 Å². The summed E-state index contributed by atoms with van der Waals surface area (Å²) in [5.74, 6) is 0.650. The fourth-order valence-electron chi connectivity index (χ4n) is 0.928. The third-order valence-corrected chi connectivity index (χ3v) is 2.17. The van der Waals surface area contributed by atoms with Crippen LogP contribution in [0.2, 0.25) is 0 Å². The zero-order valence-corrected chi connectivity index (χ0v) is 7.62. The quantitative estimate of drug-likeness (QED) is 0.744. The van der Waals surface area contributed by atoms with Gasteiger partial charge in [-0.3, -0.25) is 0 Å². The average molecular weight is 192 g/mol. The Morgan fingerprint density at radius 2 is 2.15 bits per heavy atom. The largest absolute Gasteiger partial charge is 0.429 e. The molecule has 0 fully saturated rings. The van der Waals surface area contributed by atoms with Crippen LogP contribution in [0.25, 0.3) is 0 Å². The van der Waals surface area contributed by atoms with Crippen molar-refractivity contribution < 1.29 is 4.74 Å². The van der Waals surface area contributed by atoms with Crippen LogP contribution in [0.4, 0.5) is 5.69 Å². The summed E-state index contributed by atoms with van der Waals surface area (Å²) in [5, 5.41) is 2.46. The highest BCUT2D eigenvalue weighted by Gasteiger charge is 2.01. The van der Waals surface area contributed by atoms with Crippen molar-refractivity contribution in [2.75, 3.05) is 5.73 Å². The van der Waals surface area contributed by atoms with Gasteiger partial charge in [0.15, 0.2) is 5.75 Å². The Hall–Kier alpha value is -1.55. The Morgan fingerprint density at radius 3 is 2.85 bits per heavy atom. The van der Waals surface area contributed by atoms with Crippen molar-refractivity contribution in [3.63, 3.8) is 0 Å². The van der Waals surface area contributed by atoms with Gasteiger partial charge in [-0.1, -0.05) is 23.5 Å². The number of nitrogen functional groups attached to an aromatic ring is 1. The van der Waals surface area contributed by atoms with Crippen molar-refractivity contribution in [1.82, 2.24) is 4.98 Å². The van der Waals surface area contributed by atoms with Gasteiger partial charge in [0, 0.05) is 11.6 Å². The molecule has 2 aromatic rings. The lowest BCUT2D eigenvalue weighted by atomic mass is 10.3. The Bertz CT molecular complexity index is 386. The SMILES string of the molecule is Nc1ccccc1Oc1nccs1. The van der Waals surface area contributed by atoms with Gasteiger partial charge >= 0.3 is 0 Å². The molecule has 1 aromatic heterocycles. The Morgan fingerprint density at radius 1 is 1.31 bits per heavy atom. The molecular formula is C9H8N2OS. The molecule has 1 aromatic carbocycles. The van der Waals surface area contributed by atoms with Crippen molar-refractivity contribution >= 4 is 17.0 Å². The van der Waals surface area contributed by atoms with E-state index < -0.39 is 0 Å². The minimum absolute atomic E-state index is 0.609. The Balaban J connectivity index is 2.24. The molecule has 0 spiro atoms. The highest BCUT2D eigenvalue weighted by molar-refractivity contribution is 7.11. The maximum absolute atomic E-state index is 5.69. The van der Waals surface area contributed by atoms with Crippen molar-refractivity contribution in [2.24, 2.45) is 0 Å². The molecule has 0 unspecified atom stereocenters. The second-order valence-corrected chi connectivity index (χ2v) is 3.30. The van der Waals surface area contributed by atoms with Crippen LogP contribution >= 0.6 is 11.3 Å². The molecule has 0 saturated heterocycles. The standard InChI is InChI=1S/C9H8N2OS/c10-7-3-1-2-4-8(7)12-9-11-5-6-13-9/h1-6H,10H2. The van der Waals surface area contributed by atoms with Crippen molar-refractivity contribution in [3.8, 4) is 10.9 Å². The zero-order chi connectivity index (χ0) is 9.10. The summed E-state index contributed by atoms with van der Waals surface area (Å²) in [5.41, 5.74) is 6.31. The van der Waals surface area contributed by atoms with Gasteiger partial charge < -0.3 is 10.5 Å². The van der Waals surface area contributed by atoms with Crippen molar-refractivity contribution in [3.05, 3.63) is 35.8 Å². The number of rotatable bonds is 2. The molecule has 66 valence electrons. The lowest BCUT2D eigenvalue weighted by molar-refractivity contribution is 0.481. The van der Waals surface area contributed by atoms with Gasteiger partial charge in [-0.05, 0) is 12.1 Å². The molecule has 0 bridgehead atoms. The number of para-hydroxylation sites is 2. The van der Waals surface area contributed by atoms with Gasteiger partial charge in [-0.2, -0.15) is 0 Å². The minimum Gasteiger partial charge on any atom is -0.429 e. The zero-order valence-electron chi connectivity index (χ0n) is 6.81. The van der Waals surface area contributed by atoms with Crippen LogP contribution in [-0.4, -0.2) is 4.98 Å². The molecule has 13 heavy (non-hydrogen) atoms. The lowest BCUT2D eigenvalue weighted by Crippen LogP contribution is -1.90. The molecule has 0 aliphatic heterocycles. The van der Waals surface area contributed by atoms with Crippen LogP contribution in [0.15, 0.2) is 35.8 Å². The topological polar surface area (TPSA) is 48.1 Å². The molecule has 4 heteroatoms. The monoisotopic (exact) mass is 192 g/mol. The van der Waals surface area contributed by atoms with Crippen molar-refractivity contribution in [2.45, 2.75) is 0 Å². The van der Waals surface area contributed by atoms with Crippen molar-refractivity contribution in [1.29, 1.82) is 0 Å². The first kappa shape index (κ1) is 8.07. The molecule has 0 radical (unpaired) electrons. The molecule has 2 N–H and O–H groups in total. The third-order valence-electron chi connectivity index (χ3n) is 1.53. The fraction of sp³-hybridized carbons (Fsp3) is 0. The number of hydrogen-bond donors (Lipinski definition) is 1. The first-order valence-electron chi connectivity index (χ1n) is 3.78. The number of thiazole rings is 1. The molecular weight excluding hydrogens is 184 g/mol. The number of ether oxygens (including phenoxy) is 1. The van der Waals surface area contributed by atoms with Crippen LogP contribution in [0.5, 0.6) is 10.9 Å². The highest BCUT2D eigenvalue weighted by atomic mass is 32.1. The summed E-state index contributed by atoms with van der Waals surface area (Å²) in [4.78, 5) is 3.99. The van der Waals surface area contributed by atoms with Crippen LogP contribution in [0.3, 0.4) is 0 Å². The normalized spacial score (nSPS) is 9.85. The number of anilines is 1. The first-order chi connectivity index (χ1) is 6.36. The third kappa shape index (κ3) is 1.78. The van der Waals surface area contributed by atoms with Crippen LogP contribution < -0.4 is 10.5 Å². The smallest absolute Gasteiger partial charge is 0.278 e. The van der Waals surface area contributed by atoms with Crippen LogP contribution in [-0.2, 0) is 0 Å². The number of hydrogen-bond acceptors (Lipinski definition) is 4. The fourth-order valence-corrected chi connectivity index (χ4v) is 1.43. The Kier molecular flexibility index (Phi) is 2.14. The van der Waals surface area contributed by atoms with E-state index in [0.29, 0.717) is 16.6 Å². The number of nitrogens with two attached hydrogens (primary N) is 1. The van der Waals surface area contributed by atoms with E-state index in [0.717, 1.165) is 0 Å². The van der Waals surface area contributed by atoms with E-state index in [-0.39, 0.29) is 0 Å². The van der Waals surface area contributed by atoms with E-state index in [2.05, 4.69) is 4.98 Å². The van der Waals surface area contributed by atoms with Gasteiger partial charge in [0.05, 0.1) is 5.69 Å². The van der Waals surface area contributed by atoms with E-state index in [4.69, 9.17) is 10.5 Å². The second kappa shape index (κ2) is 3.45. The maximum atomic E-state index is 5.69. The van der Waals surface area contributed by atoms with Gasteiger partial charge in [-0.15, -0.1) is 0 Å². The first-order valence-corrected chi connectivity index (χ1v) is 4.66. The number of aromatic nitrogens is 1. The molecule has 1 heterocycles. The van der Waals surface area contributed by atoms with Crippen LogP contribution in [0.1, 0.15) is 0 Å². The minimum atomic E-state index is 0.609. The summed E-state index contributed by atoms with van der Waals surface area (Å²) in [6.07, 6.45) is 1.69. The molecule has 0 aliphatic rings. The molecule has 2 rings (SSSR count). The average Bonchev–Trinajstić information content (AvgIpc) is 2.61. The molecule has 3 nitrogen and oxygen atoms in total. The van der Waals surface area contributed by atoms with Gasteiger partial charge in [-0.25, -0.2) is 4.98 Å². The number of benzene rings is 1. The summed E-state index contributed by atoms with van der Waals surface area (Å²) < 4.78 is 5.43. The summed E-state index contributed by atoms with van der Waals surface area (Å²) in [6, 6.07) is 7.35. The van der Waals surface area contributed by atoms with Crippen LogP contribution in [0, 0.1) is 0 Å². The molecule has 0 amide bonds. The van der Waals surface area contributed by atoms with E-state index in [9.17, 15) is 0 Å². The lowest BCUT2D eigenvalue weighted by Gasteiger charge is -2.03. The summed E-state index contributed by atoms with van der Waals surface area (Å²) >= 11 is 1.44. The van der Waals surface area contributed by atoms with E-state index in [1.165, 1.54) is 11.3 Å². The summed E-state index contributed by atoms with van der Waals surface area (Å²) in [6.45, 7) is 0. The summed E-state index contributed by atoms with van der Waals surface area (Å²) in [7, 11) is 0. The maximum Gasteiger partial charge on any atom is 0.278 e. The highest BCUT2D eigenvalue weighted by Crippen LogP contribution is 2.27. The van der Waals surface area contributed by atoms with E-state index in [1.54, 1.807) is 12.3 Å². The predicted molar refractivity (Wildman–Crippen MR) is 53.0 cm³/mol. The van der Waals surface area contributed by atoms with E-state index >= 15 is 0 Å². The van der Waals surface area contributed by atoms with Gasteiger partial charge in [0.1, 0.15) is 0 Å². The second-order valence-electron chi connectivity index (χ2n) is 2.44. The van der Waals surface area contributed by atoms with Gasteiger partial charge in [0.2, 0.25) is 0 Å². The molecule has 0 atom stereocenters. The predicted octanol–water partition coefficient (Wildman–Crippen LogP) is 2.52. The van der Waals surface area contributed by atoms with Gasteiger partial charge in [0.25, 0.3) is 5.19 Å². The molecule has 0 saturated carbocycles. The Labute approximate surface area is 79.8 Å². The molecule has 0 aliphatic carbocycles.